The Morgan fingerprint density at radius 3 is 3.08 bits per heavy atom. The third kappa shape index (κ3) is 0.854. The summed E-state index contributed by atoms with van der Waals surface area (Å²) < 4.78 is 2.20. The van der Waals surface area contributed by atoms with Crippen LogP contribution in [0.1, 0.15) is 30.7 Å². The molecule has 1 spiro atoms. The summed E-state index contributed by atoms with van der Waals surface area (Å²) in [7, 11) is 2.11. The van der Waals surface area contributed by atoms with Crippen molar-refractivity contribution in [2.75, 3.05) is 6.54 Å². The fraction of sp³-hybridized carbons (Fsp3) is 0.700. The quantitative estimate of drug-likeness (QED) is 0.639. The van der Waals surface area contributed by atoms with E-state index in [0.717, 1.165) is 13.0 Å². The van der Waals surface area contributed by atoms with Gasteiger partial charge in [0.15, 0.2) is 0 Å². The maximum Gasteiger partial charge on any atom is 0.0949 e. The first-order valence-corrected chi connectivity index (χ1v) is 5.08. The summed E-state index contributed by atoms with van der Waals surface area (Å²) in [6, 6.07) is 0. The molecular formula is C10H15N3. The standard InChI is InChI=1S/C10H15N3/c1-13-7-11-8-3-6-12-10(9(8)13)4-2-5-10/h7,12H,2-6H2,1H3. The van der Waals surface area contributed by atoms with Gasteiger partial charge >= 0.3 is 0 Å². The monoisotopic (exact) mass is 177 g/mol. The number of imidazole rings is 1. The number of fused-ring (bicyclic) bond motifs is 2. The van der Waals surface area contributed by atoms with Crippen molar-refractivity contribution < 1.29 is 0 Å². The second kappa shape index (κ2) is 2.35. The molecule has 0 bridgehead atoms. The first-order valence-electron chi connectivity index (χ1n) is 5.08. The van der Waals surface area contributed by atoms with Crippen LogP contribution >= 0.6 is 0 Å². The number of hydrogen-bond donors (Lipinski definition) is 1. The van der Waals surface area contributed by atoms with Gasteiger partial charge in [-0.15, -0.1) is 0 Å². The van der Waals surface area contributed by atoms with Crippen LogP contribution in [0.3, 0.4) is 0 Å². The molecule has 1 aliphatic heterocycles. The summed E-state index contributed by atoms with van der Waals surface area (Å²) in [4.78, 5) is 4.46. The number of aromatic nitrogens is 2. The van der Waals surface area contributed by atoms with E-state index in [-0.39, 0.29) is 0 Å². The third-order valence-corrected chi connectivity index (χ3v) is 3.50. The van der Waals surface area contributed by atoms with E-state index in [1.165, 1.54) is 30.7 Å². The van der Waals surface area contributed by atoms with Crippen molar-refractivity contribution >= 4 is 0 Å². The van der Waals surface area contributed by atoms with Crippen LogP contribution in [-0.4, -0.2) is 16.1 Å². The highest BCUT2D eigenvalue weighted by Gasteiger charge is 2.43. The van der Waals surface area contributed by atoms with Gasteiger partial charge in [-0.3, -0.25) is 0 Å². The Morgan fingerprint density at radius 2 is 2.38 bits per heavy atom. The normalized spacial score (nSPS) is 24.1. The topological polar surface area (TPSA) is 29.9 Å². The molecule has 2 heterocycles. The maximum absolute atomic E-state index is 4.46. The lowest BCUT2D eigenvalue weighted by molar-refractivity contribution is 0.164. The molecule has 1 aromatic rings. The van der Waals surface area contributed by atoms with Crippen LogP contribution in [0.25, 0.3) is 0 Å². The fourth-order valence-electron chi connectivity index (χ4n) is 2.72. The van der Waals surface area contributed by atoms with Gasteiger partial charge in [-0.2, -0.15) is 0 Å². The highest BCUT2D eigenvalue weighted by molar-refractivity contribution is 5.28. The molecule has 1 N–H and O–H groups in total. The van der Waals surface area contributed by atoms with E-state index in [9.17, 15) is 0 Å². The molecule has 0 radical (unpaired) electrons. The molecule has 0 atom stereocenters. The SMILES string of the molecule is Cn1cnc2c1C1(CCC1)NCC2. The van der Waals surface area contributed by atoms with E-state index < -0.39 is 0 Å². The second-order valence-corrected chi connectivity index (χ2v) is 4.26. The largest absolute Gasteiger partial charge is 0.336 e. The Kier molecular flexibility index (Phi) is 1.37. The van der Waals surface area contributed by atoms with Crippen LogP contribution in [0.15, 0.2) is 6.33 Å². The van der Waals surface area contributed by atoms with Gasteiger partial charge in [0.1, 0.15) is 0 Å². The number of rotatable bonds is 0. The van der Waals surface area contributed by atoms with Gasteiger partial charge < -0.3 is 9.88 Å². The van der Waals surface area contributed by atoms with Crippen molar-refractivity contribution in [2.24, 2.45) is 7.05 Å². The first kappa shape index (κ1) is 7.56. The predicted molar refractivity (Wildman–Crippen MR) is 50.4 cm³/mol. The Bertz CT molecular complexity index is 336. The lowest BCUT2D eigenvalue weighted by Crippen LogP contribution is -2.53. The van der Waals surface area contributed by atoms with E-state index in [1.807, 2.05) is 6.33 Å². The molecule has 3 nitrogen and oxygen atoms in total. The number of nitrogens with one attached hydrogen (secondary N) is 1. The molecule has 1 saturated carbocycles. The van der Waals surface area contributed by atoms with Gasteiger partial charge in [0, 0.05) is 20.0 Å². The van der Waals surface area contributed by atoms with Gasteiger partial charge in [0.2, 0.25) is 0 Å². The zero-order valence-corrected chi connectivity index (χ0v) is 8.01. The fourth-order valence-corrected chi connectivity index (χ4v) is 2.72. The van der Waals surface area contributed by atoms with E-state index in [4.69, 9.17) is 0 Å². The molecule has 0 saturated heterocycles. The summed E-state index contributed by atoms with van der Waals surface area (Å²) in [6.07, 6.45) is 6.99. The van der Waals surface area contributed by atoms with Gasteiger partial charge in [-0.05, 0) is 19.3 Å². The van der Waals surface area contributed by atoms with Crippen molar-refractivity contribution in [1.29, 1.82) is 0 Å². The van der Waals surface area contributed by atoms with E-state index >= 15 is 0 Å². The molecule has 3 heteroatoms. The average Bonchev–Trinajstić information content (AvgIpc) is 2.45. The molecule has 13 heavy (non-hydrogen) atoms. The van der Waals surface area contributed by atoms with Gasteiger partial charge in [0.25, 0.3) is 0 Å². The number of hydrogen-bond acceptors (Lipinski definition) is 2. The van der Waals surface area contributed by atoms with Crippen LogP contribution in [-0.2, 0) is 19.0 Å². The Labute approximate surface area is 78.2 Å². The second-order valence-electron chi connectivity index (χ2n) is 4.26. The molecule has 1 aromatic heterocycles. The van der Waals surface area contributed by atoms with E-state index in [0.29, 0.717) is 5.54 Å². The van der Waals surface area contributed by atoms with Gasteiger partial charge in [0.05, 0.1) is 23.3 Å². The highest BCUT2D eigenvalue weighted by atomic mass is 15.1. The summed E-state index contributed by atoms with van der Waals surface area (Å²) in [5.74, 6) is 0. The van der Waals surface area contributed by atoms with E-state index in [2.05, 4.69) is 21.9 Å². The van der Waals surface area contributed by atoms with Crippen LogP contribution in [0, 0.1) is 0 Å². The summed E-state index contributed by atoms with van der Waals surface area (Å²) in [5.41, 5.74) is 3.07. The van der Waals surface area contributed by atoms with Crippen molar-refractivity contribution in [3.8, 4) is 0 Å². The lowest BCUT2D eigenvalue weighted by Gasteiger charge is -2.45. The first-order chi connectivity index (χ1) is 6.32. The maximum atomic E-state index is 4.46. The summed E-state index contributed by atoms with van der Waals surface area (Å²) >= 11 is 0. The average molecular weight is 177 g/mol. The van der Waals surface area contributed by atoms with Crippen LogP contribution in [0.4, 0.5) is 0 Å². The Hall–Kier alpha value is -0.830. The Balaban J connectivity index is 2.14. The predicted octanol–water partition coefficient (Wildman–Crippen LogP) is 0.945. The van der Waals surface area contributed by atoms with Gasteiger partial charge in [-0.25, -0.2) is 4.98 Å². The molecule has 0 amide bonds. The van der Waals surface area contributed by atoms with E-state index in [1.54, 1.807) is 0 Å². The van der Waals surface area contributed by atoms with Gasteiger partial charge in [-0.1, -0.05) is 0 Å². The minimum absolute atomic E-state index is 0.304. The summed E-state index contributed by atoms with van der Waals surface area (Å²) in [5, 5.41) is 3.65. The van der Waals surface area contributed by atoms with Crippen LogP contribution < -0.4 is 5.32 Å². The van der Waals surface area contributed by atoms with Crippen LogP contribution in [0.2, 0.25) is 0 Å². The van der Waals surface area contributed by atoms with Crippen molar-refractivity contribution in [2.45, 2.75) is 31.2 Å². The lowest BCUT2D eigenvalue weighted by atomic mass is 9.72. The minimum atomic E-state index is 0.304. The Morgan fingerprint density at radius 1 is 1.54 bits per heavy atom. The number of aryl methyl sites for hydroxylation is 1. The molecule has 2 aliphatic rings. The molecular weight excluding hydrogens is 162 g/mol. The third-order valence-electron chi connectivity index (χ3n) is 3.50. The van der Waals surface area contributed by atoms with Crippen molar-refractivity contribution in [3.63, 3.8) is 0 Å². The minimum Gasteiger partial charge on any atom is -0.336 e. The molecule has 70 valence electrons. The van der Waals surface area contributed by atoms with Crippen molar-refractivity contribution in [3.05, 3.63) is 17.7 Å². The smallest absolute Gasteiger partial charge is 0.0949 e. The highest BCUT2D eigenvalue weighted by Crippen LogP contribution is 2.43. The number of nitrogens with zero attached hydrogens (tertiary/aromatic N) is 2. The molecule has 1 fully saturated rings. The zero-order chi connectivity index (χ0) is 8.89. The molecule has 0 unspecified atom stereocenters. The van der Waals surface area contributed by atoms with Crippen molar-refractivity contribution in [1.82, 2.24) is 14.9 Å². The molecule has 3 rings (SSSR count). The van der Waals surface area contributed by atoms with Crippen LogP contribution in [0.5, 0.6) is 0 Å². The zero-order valence-electron chi connectivity index (χ0n) is 8.01. The molecule has 0 aromatic carbocycles. The molecule has 1 aliphatic carbocycles. The summed E-state index contributed by atoms with van der Waals surface area (Å²) in [6.45, 7) is 1.10.